The van der Waals surface area contributed by atoms with E-state index in [1.165, 1.54) is 12.2 Å². The summed E-state index contributed by atoms with van der Waals surface area (Å²) in [6.07, 6.45) is 3.49. The number of hydrogen-bond donors (Lipinski definition) is 0. The van der Waals surface area contributed by atoms with Crippen LogP contribution in [-0.4, -0.2) is 12.0 Å². The predicted molar refractivity (Wildman–Crippen MR) is 36.8 cm³/mol. The molecule has 38 valence electrons. The Balaban J connectivity index is 2.83. The maximum Gasteiger partial charge on any atom is -0.00871 e. The Kier molecular flexibility index (Phi) is 4.24. The van der Waals surface area contributed by atoms with Gasteiger partial charge in [-0.2, -0.15) is 10.1 Å². The molecule has 0 aromatic rings. The normalized spacial score (nSPS) is 14.3. The first-order valence-corrected chi connectivity index (χ1v) is 5.13. The van der Waals surface area contributed by atoms with Gasteiger partial charge in [0.15, 0.2) is 0 Å². The third-order valence-electron chi connectivity index (χ3n) is 0.510. The average molecular weight is 122 g/mol. The van der Waals surface area contributed by atoms with Gasteiger partial charge >= 0.3 is 0 Å². The van der Waals surface area contributed by atoms with Gasteiger partial charge in [0.05, 0.1) is 0 Å². The van der Waals surface area contributed by atoms with Crippen LogP contribution < -0.4 is 0 Å². The van der Waals surface area contributed by atoms with Gasteiger partial charge in [0.1, 0.15) is 0 Å². The van der Waals surface area contributed by atoms with Gasteiger partial charge in [-0.05, 0) is 18.4 Å². The molecule has 0 saturated heterocycles. The maximum atomic E-state index is 3.51. The van der Waals surface area contributed by atoms with E-state index in [-0.39, 0.29) is 0 Å². The summed E-state index contributed by atoms with van der Waals surface area (Å²) in [6.45, 7) is 2.20. The summed E-state index contributed by atoms with van der Waals surface area (Å²) in [5, 5.41) is 0. The van der Waals surface area contributed by atoms with Crippen molar-refractivity contribution in [3.8, 4) is 0 Å². The molecule has 0 aromatic heterocycles. The summed E-state index contributed by atoms with van der Waals surface area (Å²) in [7, 11) is 4.00. The van der Waals surface area contributed by atoms with Crippen molar-refractivity contribution in [2.24, 2.45) is 0 Å². The van der Waals surface area contributed by atoms with E-state index in [0.29, 0.717) is 10.1 Å². The quantitative estimate of drug-likeness (QED) is 0.489. The van der Waals surface area contributed by atoms with Gasteiger partial charge in [0, 0.05) is 0 Å². The van der Waals surface area contributed by atoms with Crippen LogP contribution in [0.3, 0.4) is 0 Å². The van der Waals surface area contributed by atoms with E-state index in [1.54, 1.807) is 0 Å². The van der Waals surface area contributed by atoms with Gasteiger partial charge < -0.3 is 0 Å². The molecule has 0 nitrogen and oxygen atoms in total. The van der Waals surface area contributed by atoms with E-state index in [2.05, 4.69) is 21.2 Å². The predicted octanol–water partition coefficient (Wildman–Crippen LogP) is 1.70. The van der Waals surface area contributed by atoms with Crippen LogP contribution in [-0.2, 0) is 10.1 Å². The molecule has 1 atom stereocenters. The van der Waals surface area contributed by atoms with Gasteiger partial charge in [-0.15, -0.1) is 0 Å². The Morgan fingerprint density at radius 2 is 2.17 bits per heavy atom. The highest BCUT2D eigenvalue weighted by Gasteiger charge is 1.74. The lowest BCUT2D eigenvalue weighted by Gasteiger charge is -1.89. The lowest BCUT2D eigenvalue weighted by molar-refractivity contribution is 1.11. The summed E-state index contributed by atoms with van der Waals surface area (Å²) >= 11 is 0. The van der Waals surface area contributed by atoms with Gasteiger partial charge in [-0.3, -0.25) is 0 Å². The van der Waals surface area contributed by atoms with Gasteiger partial charge in [-0.1, -0.05) is 14.9 Å². The van der Waals surface area contributed by atoms with Crippen molar-refractivity contribution in [3.63, 3.8) is 0 Å². The second-order valence-corrected chi connectivity index (χ2v) is 5.11. The molecular formula is C4H11PS. The highest BCUT2D eigenvalue weighted by Crippen LogP contribution is 1.85. The second-order valence-electron chi connectivity index (χ2n) is 1.34. The first-order chi connectivity index (χ1) is 2.77. The van der Waals surface area contributed by atoms with Crippen molar-refractivity contribution in [1.82, 2.24) is 0 Å². The first kappa shape index (κ1) is 6.65. The molecule has 0 spiro atoms. The molecule has 0 aliphatic heterocycles. The van der Waals surface area contributed by atoms with Crippen LogP contribution in [0.1, 0.15) is 13.3 Å². The lowest BCUT2D eigenvalue weighted by Crippen LogP contribution is -1.84. The molecule has 0 N–H and O–H groups in total. The van der Waals surface area contributed by atoms with E-state index in [0.717, 1.165) is 0 Å². The highest BCUT2D eigenvalue weighted by atomic mass is 32.5. The molecule has 2 heteroatoms. The third kappa shape index (κ3) is 4.65. The van der Waals surface area contributed by atoms with E-state index in [1.807, 2.05) is 0 Å². The van der Waals surface area contributed by atoms with Crippen molar-refractivity contribution in [2.75, 3.05) is 12.0 Å². The minimum absolute atomic E-state index is 0.490. The largest absolute Gasteiger partial charge is 0.169 e. The molecule has 0 fully saturated rings. The molecule has 0 amide bonds. The summed E-state index contributed by atoms with van der Waals surface area (Å²) in [5.74, 6) is 1.32. The average Bonchev–Trinajstić information content (AvgIpc) is 1.35. The van der Waals surface area contributed by atoms with Crippen LogP contribution in [0.15, 0.2) is 0 Å². The van der Waals surface area contributed by atoms with E-state index >= 15 is 0 Å². The molecule has 0 rings (SSSR count). The molecule has 0 aliphatic carbocycles. The number of rotatable bonds is 2. The Labute approximate surface area is 44.1 Å². The molecule has 0 heterocycles. The van der Waals surface area contributed by atoms with E-state index in [4.69, 9.17) is 0 Å². The summed E-state index contributed by atoms with van der Waals surface area (Å²) in [4.78, 5) is 0. The molecule has 6 heavy (non-hydrogen) atoms. The van der Waals surface area contributed by atoms with Crippen LogP contribution >= 0.6 is 8.02 Å². The van der Waals surface area contributed by atoms with E-state index < -0.39 is 0 Å². The zero-order chi connectivity index (χ0) is 4.99. The van der Waals surface area contributed by atoms with Crippen molar-refractivity contribution in [3.05, 3.63) is 0 Å². The Morgan fingerprint density at radius 3 is 2.17 bits per heavy atom. The molecule has 0 aliphatic rings. The van der Waals surface area contributed by atoms with Crippen molar-refractivity contribution < 1.29 is 0 Å². The van der Waals surface area contributed by atoms with Gasteiger partial charge in [0.2, 0.25) is 0 Å². The summed E-state index contributed by atoms with van der Waals surface area (Å²) in [5.41, 5.74) is 0. The summed E-state index contributed by atoms with van der Waals surface area (Å²) in [6, 6.07) is 0. The zero-order valence-corrected chi connectivity index (χ0v) is 6.14. The van der Waals surface area contributed by atoms with Crippen LogP contribution in [0.4, 0.5) is 0 Å². The Hall–Kier alpha value is 0.650. The molecule has 0 saturated carbocycles. The molecule has 0 radical (unpaired) electrons. The lowest BCUT2D eigenvalue weighted by atomic mass is 10.6. The monoisotopic (exact) mass is 122 g/mol. The van der Waals surface area contributed by atoms with Crippen molar-refractivity contribution in [1.29, 1.82) is 0 Å². The minimum atomic E-state index is 0.490. The van der Waals surface area contributed by atoms with Crippen molar-refractivity contribution >= 4 is 18.1 Å². The number of hydrogen-bond acceptors (Lipinski definition) is 0. The van der Waals surface area contributed by atoms with Crippen LogP contribution in [0.5, 0.6) is 0 Å². The smallest absolute Gasteiger partial charge is 0.00871 e. The maximum absolute atomic E-state index is 3.51. The van der Waals surface area contributed by atoms with Crippen molar-refractivity contribution in [2.45, 2.75) is 13.3 Å². The molecule has 0 aromatic carbocycles. The van der Waals surface area contributed by atoms with Crippen LogP contribution in [0.25, 0.3) is 0 Å². The van der Waals surface area contributed by atoms with Gasteiger partial charge in [-0.25, -0.2) is 0 Å². The summed E-state index contributed by atoms with van der Waals surface area (Å²) < 4.78 is 0. The minimum Gasteiger partial charge on any atom is -0.169 e. The van der Waals surface area contributed by atoms with Crippen LogP contribution in [0, 0.1) is 0 Å². The fourth-order valence-electron chi connectivity index (χ4n) is 0.306. The standard InChI is InChI=1S/C4H11PS/c1-3-4-6(2)5/h5H,3-4H2,1-2H3. The fraction of sp³-hybridized carbons (Fsp3) is 1.00. The third-order valence-corrected chi connectivity index (χ3v) is 2.14. The molecule has 1 unspecified atom stereocenters. The van der Waals surface area contributed by atoms with E-state index in [9.17, 15) is 0 Å². The Morgan fingerprint density at radius 1 is 1.67 bits per heavy atom. The topological polar surface area (TPSA) is 0 Å². The highest BCUT2D eigenvalue weighted by molar-refractivity contribution is 8.15. The Bertz CT molecular complexity index is 51.5. The molecular weight excluding hydrogens is 111 g/mol. The molecule has 0 bridgehead atoms. The van der Waals surface area contributed by atoms with Crippen LogP contribution in [0.2, 0.25) is 0 Å². The fourth-order valence-corrected chi connectivity index (χ4v) is 1.53. The first-order valence-electron chi connectivity index (χ1n) is 2.11. The second kappa shape index (κ2) is 3.83. The van der Waals surface area contributed by atoms with Gasteiger partial charge in [0.25, 0.3) is 0 Å². The zero-order valence-electron chi connectivity index (χ0n) is 4.32. The SMILES string of the molecule is CCCS(C)=P.